The van der Waals surface area contributed by atoms with E-state index < -0.39 is 0 Å². The average Bonchev–Trinajstić information content (AvgIpc) is 2.95. The number of rotatable bonds is 6. The number of hydrogen-bond donors (Lipinski definition) is 0. The molecule has 2 rings (SSSR count). The van der Waals surface area contributed by atoms with E-state index in [-0.39, 0.29) is 12.0 Å². The molecular weight excluding hydrogens is 280 g/mol. The second-order valence-corrected chi connectivity index (χ2v) is 6.11. The van der Waals surface area contributed by atoms with Crippen LogP contribution in [0.4, 0.5) is 0 Å². The molecule has 0 N–H and O–H groups in total. The molecule has 1 aromatic heterocycles. The van der Waals surface area contributed by atoms with E-state index >= 15 is 0 Å². The van der Waals surface area contributed by atoms with Crippen molar-refractivity contribution >= 4 is 5.91 Å². The summed E-state index contributed by atoms with van der Waals surface area (Å²) in [5, 5.41) is 0. The highest BCUT2D eigenvalue weighted by Crippen LogP contribution is 2.16. The number of hydrogen-bond acceptors (Lipinski definition) is 5. The molecule has 0 aromatic carbocycles. The summed E-state index contributed by atoms with van der Waals surface area (Å²) < 4.78 is 5.69. The van der Waals surface area contributed by atoms with Crippen molar-refractivity contribution in [2.24, 2.45) is 0 Å². The molecule has 0 unspecified atom stereocenters. The maximum absolute atomic E-state index is 12.8. The van der Waals surface area contributed by atoms with E-state index in [1.807, 2.05) is 32.8 Å². The van der Waals surface area contributed by atoms with Gasteiger partial charge in [-0.05, 0) is 40.8 Å². The van der Waals surface area contributed by atoms with Crippen molar-refractivity contribution in [2.75, 3.05) is 40.3 Å². The Morgan fingerprint density at radius 2 is 2.14 bits per heavy atom. The predicted molar refractivity (Wildman–Crippen MR) is 84.9 cm³/mol. The van der Waals surface area contributed by atoms with Gasteiger partial charge < -0.3 is 14.5 Å². The van der Waals surface area contributed by atoms with Crippen LogP contribution in [0.15, 0.2) is 6.20 Å². The summed E-state index contributed by atoms with van der Waals surface area (Å²) in [4.78, 5) is 25.3. The fourth-order valence-corrected chi connectivity index (χ4v) is 2.59. The predicted octanol–water partition coefficient (Wildman–Crippen LogP) is 1.28. The van der Waals surface area contributed by atoms with E-state index in [0.29, 0.717) is 24.5 Å². The Morgan fingerprint density at radius 3 is 2.73 bits per heavy atom. The molecule has 0 spiro atoms. The van der Waals surface area contributed by atoms with Crippen LogP contribution in [-0.4, -0.2) is 72.1 Å². The molecule has 6 heteroatoms. The molecule has 2 heterocycles. The van der Waals surface area contributed by atoms with Gasteiger partial charge in [0.25, 0.3) is 5.91 Å². The van der Waals surface area contributed by atoms with Gasteiger partial charge in [0.2, 0.25) is 0 Å². The van der Waals surface area contributed by atoms with Crippen LogP contribution in [0.2, 0.25) is 0 Å². The average molecular weight is 306 g/mol. The van der Waals surface area contributed by atoms with E-state index in [4.69, 9.17) is 4.74 Å². The number of nitrogens with zero attached hydrogens (tertiary/aromatic N) is 4. The first-order valence-corrected chi connectivity index (χ1v) is 7.83. The molecule has 0 bridgehead atoms. The maximum atomic E-state index is 12.8. The molecule has 1 aliphatic heterocycles. The zero-order valence-corrected chi connectivity index (χ0v) is 14.0. The van der Waals surface area contributed by atoms with Gasteiger partial charge in [-0.3, -0.25) is 4.79 Å². The summed E-state index contributed by atoms with van der Waals surface area (Å²) in [5.74, 6) is 0.683. The Labute approximate surface area is 132 Å². The first-order chi connectivity index (χ1) is 10.5. The molecule has 22 heavy (non-hydrogen) atoms. The molecule has 1 fully saturated rings. The number of carbonyl (C=O) groups excluding carboxylic acids is 1. The van der Waals surface area contributed by atoms with Crippen LogP contribution in [0.1, 0.15) is 34.7 Å². The van der Waals surface area contributed by atoms with Crippen LogP contribution in [-0.2, 0) is 4.74 Å². The van der Waals surface area contributed by atoms with Crippen molar-refractivity contribution in [3.8, 4) is 0 Å². The third-order valence-electron chi connectivity index (χ3n) is 3.88. The first-order valence-electron chi connectivity index (χ1n) is 7.83. The minimum absolute atomic E-state index is 0.00477. The second-order valence-electron chi connectivity index (χ2n) is 6.11. The highest BCUT2D eigenvalue weighted by Gasteiger charge is 2.24. The highest BCUT2D eigenvalue weighted by atomic mass is 16.5. The molecule has 122 valence electrons. The highest BCUT2D eigenvalue weighted by molar-refractivity contribution is 5.95. The van der Waals surface area contributed by atoms with Crippen LogP contribution < -0.4 is 0 Å². The van der Waals surface area contributed by atoms with Crippen molar-refractivity contribution < 1.29 is 9.53 Å². The zero-order valence-electron chi connectivity index (χ0n) is 14.0. The molecule has 6 nitrogen and oxygen atoms in total. The topological polar surface area (TPSA) is 58.6 Å². The minimum Gasteiger partial charge on any atom is -0.376 e. The van der Waals surface area contributed by atoms with E-state index in [1.54, 1.807) is 6.20 Å². The number of aryl methyl sites for hydroxylation is 2. The van der Waals surface area contributed by atoms with Crippen molar-refractivity contribution in [3.05, 3.63) is 23.3 Å². The lowest BCUT2D eigenvalue weighted by molar-refractivity contribution is 0.0511. The fourth-order valence-electron chi connectivity index (χ4n) is 2.59. The van der Waals surface area contributed by atoms with Crippen molar-refractivity contribution in [1.82, 2.24) is 19.8 Å². The molecule has 0 aliphatic carbocycles. The smallest absolute Gasteiger partial charge is 0.257 e. The van der Waals surface area contributed by atoms with Crippen molar-refractivity contribution in [2.45, 2.75) is 32.8 Å². The zero-order chi connectivity index (χ0) is 16.1. The third-order valence-corrected chi connectivity index (χ3v) is 3.88. The molecule has 1 amide bonds. The number of amides is 1. The lowest BCUT2D eigenvalue weighted by Crippen LogP contribution is -2.41. The Bertz CT molecular complexity index is 513. The van der Waals surface area contributed by atoms with Gasteiger partial charge in [0.1, 0.15) is 5.82 Å². The molecule has 0 saturated carbocycles. The summed E-state index contributed by atoms with van der Waals surface area (Å²) >= 11 is 0. The molecule has 1 aliphatic rings. The summed E-state index contributed by atoms with van der Waals surface area (Å²) in [6, 6.07) is 0. The van der Waals surface area contributed by atoms with E-state index in [0.717, 1.165) is 31.7 Å². The Morgan fingerprint density at radius 1 is 1.36 bits per heavy atom. The van der Waals surface area contributed by atoms with Crippen LogP contribution >= 0.6 is 0 Å². The summed E-state index contributed by atoms with van der Waals surface area (Å²) in [7, 11) is 4.02. The molecule has 1 aromatic rings. The van der Waals surface area contributed by atoms with Gasteiger partial charge in [-0.2, -0.15) is 0 Å². The summed E-state index contributed by atoms with van der Waals surface area (Å²) in [6.45, 7) is 6.63. The van der Waals surface area contributed by atoms with Crippen LogP contribution in [0.25, 0.3) is 0 Å². The van der Waals surface area contributed by atoms with Crippen LogP contribution in [0, 0.1) is 13.8 Å². The largest absolute Gasteiger partial charge is 0.376 e. The Balaban J connectivity index is 2.12. The van der Waals surface area contributed by atoms with Crippen molar-refractivity contribution in [1.29, 1.82) is 0 Å². The molecule has 0 radical (unpaired) electrons. The van der Waals surface area contributed by atoms with E-state index in [1.165, 1.54) is 0 Å². The monoisotopic (exact) mass is 306 g/mol. The van der Waals surface area contributed by atoms with Gasteiger partial charge in [-0.15, -0.1) is 0 Å². The number of ether oxygens (including phenoxy) is 1. The van der Waals surface area contributed by atoms with E-state index in [2.05, 4.69) is 14.9 Å². The quantitative estimate of drug-likeness (QED) is 0.792. The lowest BCUT2D eigenvalue weighted by Gasteiger charge is -2.27. The molecule has 1 atom stereocenters. The number of likely N-dealkylation sites (N-methyl/N-ethyl adjacent to an activating group) is 1. The first kappa shape index (κ1) is 16.8. The van der Waals surface area contributed by atoms with Gasteiger partial charge in [-0.25, -0.2) is 9.97 Å². The van der Waals surface area contributed by atoms with Crippen molar-refractivity contribution in [3.63, 3.8) is 0 Å². The Kier molecular flexibility index (Phi) is 5.85. The van der Waals surface area contributed by atoms with Gasteiger partial charge in [0, 0.05) is 32.4 Å². The summed E-state index contributed by atoms with van der Waals surface area (Å²) in [5.41, 5.74) is 1.32. The fraction of sp³-hybridized carbons (Fsp3) is 0.688. The standard InChI is InChI=1S/C16H26N4O2/c1-12-15(10-17-13(2)18-12)16(21)20(8-7-19(3)4)11-14-6-5-9-22-14/h10,14H,5-9,11H2,1-4H3/t14-/m1/s1. The lowest BCUT2D eigenvalue weighted by atomic mass is 10.1. The normalized spacial score (nSPS) is 18.0. The molecular formula is C16H26N4O2. The van der Waals surface area contributed by atoms with Gasteiger partial charge >= 0.3 is 0 Å². The maximum Gasteiger partial charge on any atom is 0.257 e. The number of aromatic nitrogens is 2. The second kappa shape index (κ2) is 7.65. The number of carbonyl (C=O) groups is 1. The SMILES string of the molecule is Cc1ncc(C(=O)N(CCN(C)C)C[C@H]2CCCO2)c(C)n1. The van der Waals surface area contributed by atoms with E-state index in [9.17, 15) is 4.79 Å². The van der Waals surface area contributed by atoms with Crippen LogP contribution in [0.5, 0.6) is 0 Å². The van der Waals surface area contributed by atoms with Gasteiger partial charge in [0.05, 0.1) is 17.4 Å². The van der Waals surface area contributed by atoms with Crippen LogP contribution in [0.3, 0.4) is 0 Å². The third kappa shape index (κ3) is 4.48. The van der Waals surface area contributed by atoms with Gasteiger partial charge in [0.15, 0.2) is 0 Å². The minimum atomic E-state index is -0.00477. The Hall–Kier alpha value is -1.53. The summed E-state index contributed by atoms with van der Waals surface area (Å²) in [6.07, 6.45) is 3.89. The van der Waals surface area contributed by atoms with Gasteiger partial charge in [-0.1, -0.05) is 0 Å². The molecule has 1 saturated heterocycles.